The molecule has 1 unspecified atom stereocenters. The molecule has 0 amide bonds. The number of carbonyl (C=O) groups is 1. The van der Waals surface area contributed by atoms with E-state index >= 15 is 0 Å². The number of aromatic nitrogens is 5. The molecule has 11 heteroatoms. The summed E-state index contributed by atoms with van der Waals surface area (Å²) in [6.45, 7) is 0.338. The quantitative estimate of drug-likeness (QED) is 0.415. The predicted molar refractivity (Wildman–Crippen MR) is 69.7 cm³/mol. The average Bonchev–Trinajstić information content (AvgIpc) is 3.09. The van der Waals surface area contributed by atoms with Gasteiger partial charge >= 0.3 is 11.9 Å². The van der Waals surface area contributed by atoms with Gasteiger partial charge in [-0.1, -0.05) is 10.2 Å². The van der Waals surface area contributed by atoms with Crippen molar-refractivity contribution < 1.29 is 18.8 Å². The number of nitro groups is 1. The van der Waals surface area contributed by atoms with Crippen molar-refractivity contribution in [2.75, 3.05) is 13.3 Å². The molecule has 2 aromatic heterocycles. The third kappa shape index (κ3) is 3.62. The molecular weight excluding hydrogens is 298 g/mol. The molecule has 0 aliphatic rings. The highest BCUT2D eigenvalue weighted by Gasteiger charge is 2.18. The number of esters is 1. The van der Waals surface area contributed by atoms with Crippen molar-refractivity contribution in [3.63, 3.8) is 0 Å². The number of halogens is 1. The van der Waals surface area contributed by atoms with Gasteiger partial charge in [0.2, 0.25) is 0 Å². The van der Waals surface area contributed by atoms with Crippen LogP contribution in [0.2, 0.25) is 0 Å². The second kappa shape index (κ2) is 6.74. The lowest BCUT2D eigenvalue weighted by molar-refractivity contribution is -0.396. The number of carbonyl (C=O) groups excluding carboxylic acids is 1. The Labute approximate surface area is 123 Å². The van der Waals surface area contributed by atoms with Gasteiger partial charge in [0.25, 0.3) is 0 Å². The Morgan fingerprint density at radius 3 is 3.00 bits per heavy atom. The fraction of sp³-hybridized carbons (Fsp3) is 0.455. The molecule has 2 heterocycles. The van der Waals surface area contributed by atoms with Gasteiger partial charge in [-0.3, -0.25) is 4.79 Å². The van der Waals surface area contributed by atoms with Crippen LogP contribution in [0.1, 0.15) is 18.7 Å². The molecule has 22 heavy (non-hydrogen) atoms. The highest BCUT2D eigenvalue weighted by Crippen LogP contribution is 2.12. The predicted octanol–water partition coefficient (Wildman–Crippen LogP) is 0.505. The Kier molecular flexibility index (Phi) is 4.76. The van der Waals surface area contributed by atoms with Crippen LogP contribution in [0.3, 0.4) is 0 Å². The summed E-state index contributed by atoms with van der Waals surface area (Å²) in [4.78, 5) is 24.5. The van der Waals surface area contributed by atoms with Crippen LogP contribution >= 0.6 is 0 Å². The molecule has 0 bridgehead atoms. The van der Waals surface area contributed by atoms with Gasteiger partial charge in [0, 0.05) is 6.92 Å². The van der Waals surface area contributed by atoms with Crippen LogP contribution in [0.15, 0.2) is 18.6 Å². The highest BCUT2D eigenvalue weighted by molar-refractivity contribution is 5.65. The molecule has 10 nitrogen and oxygen atoms in total. The van der Waals surface area contributed by atoms with E-state index in [0.717, 1.165) is 0 Å². The van der Waals surface area contributed by atoms with Gasteiger partial charge in [0.05, 0.1) is 6.20 Å². The van der Waals surface area contributed by atoms with E-state index in [0.29, 0.717) is 5.69 Å². The van der Waals surface area contributed by atoms with Crippen molar-refractivity contribution in [1.82, 2.24) is 24.5 Å². The standard InChI is InChI=1S/C11H13FN6O4/c1-8(19)22-7-10(4-12)17-6-9(14-15-17)5-16-3-2-13-11(16)18(20)21/h2-3,6,10H,4-5,7H2,1H3/i12-1. The van der Waals surface area contributed by atoms with Crippen LogP contribution in [0.25, 0.3) is 0 Å². The molecule has 118 valence electrons. The van der Waals surface area contributed by atoms with E-state index in [-0.39, 0.29) is 19.1 Å². The minimum absolute atomic E-state index is 0.0723. The number of ether oxygens (including phenoxy) is 1. The zero-order valence-electron chi connectivity index (χ0n) is 11.6. The minimum atomic E-state index is -0.790. The molecule has 0 saturated carbocycles. The van der Waals surface area contributed by atoms with Gasteiger partial charge < -0.3 is 14.9 Å². The Balaban J connectivity index is 2.08. The zero-order chi connectivity index (χ0) is 16.1. The van der Waals surface area contributed by atoms with Crippen LogP contribution in [0.4, 0.5) is 10.3 Å². The van der Waals surface area contributed by atoms with Crippen LogP contribution < -0.4 is 0 Å². The van der Waals surface area contributed by atoms with Gasteiger partial charge in [-0.05, 0) is 4.92 Å². The Morgan fingerprint density at radius 1 is 1.59 bits per heavy atom. The molecule has 0 aliphatic carbocycles. The normalized spacial score (nSPS) is 12.1. The van der Waals surface area contributed by atoms with E-state index in [4.69, 9.17) is 4.74 Å². The Morgan fingerprint density at radius 2 is 2.36 bits per heavy atom. The molecule has 0 aliphatic heterocycles. The first kappa shape index (κ1) is 15.5. The molecule has 0 spiro atoms. The minimum Gasteiger partial charge on any atom is -0.463 e. The maximum Gasteiger partial charge on any atom is 0.434 e. The van der Waals surface area contributed by atoms with Gasteiger partial charge in [0.15, 0.2) is 0 Å². The number of hydrogen-bond donors (Lipinski definition) is 0. The molecule has 0 saturated heterocycles. The summed E-state index contributed by atoms with van der Waals surface area (Å²) in [7, 11) is 0. The van der Waals surface area contributed by atoms with Crippen molar-refractivity contribution in [3.05, 3.63) is 34.4 Å². The fourth-order valence-electron chi connectivity index (χ4n) is 1.74. The molecule has 2 aromatic rings. The van der Waals surface area contributed by atoms with E-state index < -0.39 is 23.6 Å². The summed E-state index contributed by atoms with van der Waals surface area (Å²) in [5.74, 6) is -0.843. The topological polar surface area (TPSA) is 118 Å². The number of nitrogens with zero attached hydrogens (tertiary/aromatic N) is 6. The van der Waals surface area contributed by atoms with Crippen LogP contribution in [0, 0.1) is 10.1 Å². The summed E-state index contributed by atoms with van der Waals surface area (Å²) < 4.78 is 20.2. The lowest BCUT2D eigenvalue weighted by atomic mass is 10.3. The van der Waals surface area contributed by atoms with Crippen LogP contribution in [-0.4, -0.2) is 48.7 Å². The van der Waals surface area contributed by atoms with Crippen molar-refractivity contribution >= 4 is 11.9 Å². The van der Waals surface area contributed by atoms with E-state index in [2.05, 4.69) is 15.3 Å². The van der Waals surface area contributed by atoms with Crippen molar-refractivity contribution in [2.24, 2.45) is 0 Å². The van der Waals surface area contributed by atoms with Gasteiger partial charge in [-0.15, -0.1) is 5.10 Å². The second-order valence-corrected chi connectivity index (χ2v) is 4.41. The van der Waals surface area contributed by atoms with E-state index in [1.165, 1.54) is 34.8 Å². The van der Waals surface area contributed by atoms with Crippen molar-refractivity contribution in [1.29, 1.82) is 0 Å². The maximum absolute atomic E-state index is 13.0. The zero-order valence-corrected chi connectivity index (χ0v) is 11.6. The summed E-state index contributed by atoms with van der Waals surface area (Å²) in [6.07, 6.45) is 4.17. The third-order valence-corrected chi connectivity index (χ3v) is 2.78. The summed E-state index contributed by atoms with van der Waals surface area (Å²) in [6, 6.07) is -0.789. The maximum atomic E-state index is 13.0. The summed E-state index contributed by atoms with van der Waals surface area (Å²) in [5.41, 5.74) is 0.391. The van der Waals surface area contributed by atoms with Crippen molar-refractivity contribution in [2.45, 2.75) is 19.5 Å². The molecule has 1 atom stereocenters. The van der Waals surface area contributed by atoms with Crippen molar-refractivity contribution in [3.8, 4) is 0 Å². The van der Waals surface area contributed by atoms with Gasteiger partial charge in [-0.25, -0.2) is 13.6 Å². The number of rotatable bonds is 7. The number of hydrogen-bond acceptors (Lipinski definition) is 7. The molecule has 0 fully saturated rings. The lowest BCUT2D eigenvalue weighted by Gasteiger charge is -2.12. The second-order valence-electron chi connectivity index (χ2n) is 4.41. The van der Waals surface area contributed by atoms with Crippen LogP contribution in [-0.2, 0) is 16.1 Å². The average molecular weight is 311 g/mol. The molecule has 0 aromatic carbocycles. The SMILES string of the molecule is CC(=O)OCC(C[18F])n1cc(Cn2ccnc2[N+](=O)[O-])nn1. The molecule has 0 radical (unpaired) electrons. The lowest BCUT2D eigenvalue weighted by Crippen LogP contribution is -2.19. The summed E-state index contributed by atoms with van der Waals surface area (Å²) >= 11 is 0. The summed E-state index contributed by atoms with van der Waals surface area (Å²) in [5, 5.41) is 18.3. The number of alkyl halides is 1. The van der Waals surface area contributed by atoms with E-state index in [1.54, 1.807) is 0 Å². The van der Waals surface area contributed by atoms with Gasteiger partial charge in [0.1, 0.15) is 44.0 Å². The molecule has 0 N–H and O–H groups in total. The van der Waals surface area contributed by atoms with Gasteiger partial charge in [-0.2, -0.15) is 0 Å². The monoisotopic (exact) mass is 311 g/mol. The first-order chi connectivity index (χ1) is 10.5. The number of imidazole rings is 1. The van der Waals surface area contributed by atoms with Crippen LogP contribution in [0.5, 0.6) is 0 Å². The first-order valence-electron chi connectivity index (χ1n) is 6.26. The molecular formula is C11H13FN6O4. The first-order valence-corrected chi connectivity index (χ1v) is 6.26. The third-order valence-electron chi connectivity index (χ3n) is 2.78. The smallest absolute Gasteiger partial charge is 0.434 e. The van der Waals surface area contributed by atoms with E-state index in [1.807, 2.05) is 0 Å². The molecule has 2 rings (SSSR count). The van der Waals surface area contributed by atoms with E-state index in [9.17, 15) is 19.3 Å². The Hall–Kier alpha value is -2.85. The fourth-order valence-corrected chi connectivity index (χ4v) is 1.74. The highest BCUT2D eigenvalue weighted by atomic mass is 18.2. The Bertz CT molecular complexity index is 669. The largest absolute Gasteiger partial charge is 0.463 e.